The van der Waals surface area contributed by atoms with Gasteiger partial charge < -0.3 is 14.5 Å². The second-order valence-corrected chi connectivity index (χ2v) is 5.81. The first-order valence-corrected chi connectivity index (χ1v) is 8.17. The van der Waals surface area contributed by atoms with Crippen LogP contribution in [-0.4, -0.2) is 19.4 Å². The molecular formula is C19H18ClNO3. The summed E-state index contributed by atoms with van der Waals surface area (Å²) in [6, 6.07) is 12.6. The Hall–Kier alpha value is -2.46. The highest BCUT2D eigenvalue weighted by atomic mass is 35.5. The molecule has 5 heteroatoms. The number of carbonyl (C=O) groups excluding carboxylic acids is 1. The van der Waals surface area contributed by atoms with Gasteiger partial charge in [-0.3, -0.25) is 4.79 Å². The first-order chi connectivity index (χ1) is 11.7. The van der Waals surface area contributed by atoms with Crippen molar-refractivity contribution in [2.75, 3.05) is 19.0 Å². The number of benzene rings is 2. The Morgan fingerprint density at radius 2 is 2.04 bits per heavy atom. The number of ether oxygens (including phenoxy) is 1. The molecule has 0 saturated heterocycles. The van der Waals surface area contributed by atoms with E-state index in [1.54, 1.807) is 18.2 Å². The van der Waals surface area contributed by atoms with E-state index in [1.807, 2.05) is 24.3 Å². The van der Waals surface area contributed by atoms with Crippen LogP contribution < -0.4 is 10.1 Å². The van der Waals surface area contributed by atoms with Crippen LogP contribution in [0.25, 0.3) is 11.0 Å². The number of fused-ring (bicyclic) bond motifs is 1. The Labute approximate surface area is 145 Å². The van der Waals surface area contributed by atoms with Crippen molar-refractivity contribution in [2.45, 2.75) is 13.3 Å². The van der Waals surface area contributed by atoms with Gasteiger partial charge in [-0.2, -0.15) is 0 Å². The van der Waals surface area contributed by atoms with Crippen LogP contribution in [0.4, 0.5) is 5.69 Å². The minimum absolute atomic E-state index is 0.214. The minimum Gasteiger partial charge on any atom is -0.495 e. The zero-order valence-electron chi connectivity index (χ0n) is 13.6. The van der Waals surface area contributed by atoms with Crippen LogP contribution in [0, 0.1) is 0 Å². The molecule has 0 saturated carbocycles. The number of halogens is 1. The molecule has 0 atom stereocenters. The molecule has 0 aliphatic carbocycles. The van der Waals surface area contributed by atoms with E-state index in [1.165, 1.54) is 7.11 Å². The van der Waals surface area contributed by atoms with E-state index in [2.05, 4.69) is 12.2 Å². The van der Waals surface area contributed by atoms with Crippen molar-refractivity contribution in [3.8, 4) is 5.75 Å². The lowest BCUT2D eigenvalue weighted by atomic mass is 10.1. The molecule has 0 unspecified atom stereocenters. The number of ketones is 1. The van der Waals surface area contributed by atoms with Crippen LogP contribution >= 0.6 is 11.6 Å². The van der Waals surface area contributed by atoms with Crippen LogP contribution in [0.2, 0.25) is 5.02 Å². The van der Waals surface area contributed by atoms with Gasteiger partial charge in [-0.15, -0.1) is 0 Å². The first-order valence-electron chi connectivity index (χ1n) is 7.79. The molecule has 0 radical (unpaired) electrons. The summed E-state index contributed by atoms with van der Waals surface area (Å²) in [5.41, 5.74) is 1.86. The predicted octanol–water partition coefficient (Wildman–Crippen LogP) is 5.15. The number of nitrogens with one attached hydrogen (secondary N) is 1. The van der Waals surface area contributed by atoms with Crippen LogP contribution in [-0.2, 0) is 0 Å². The Balaban J connectivity index is 2.07. The first kappa shape index (κ1) is 16.4. The Bertz CT molecular complexity index is 885. The number of hydrogen-bond acceptors (Lipinski definition) is 4. The predicted molar refractivity (Wildman–Crippen MR) is 96.4 cm³/mol. The number of carbonyl (C=O) groups is 1. The number of furan rings is 1. The summed E-state index contributed by atoms with van der Waals surface area (Å²) >= 11 is 6.14. The maximum Gasteiger partial charge on any atom is 0.230 e. The van der Waals surface area contributed by atoms with E-state index in [0.29, 0.717) is 27.7 Å². The van der Waals surface area contributed by atoms with Crippen molar-refractivity contribution < 1.29 is 13.9 Å². The molecule has 124 valence electrons. The molecule has 1 N–H and O–H groups in total. The second-order valence-electron chi connectivity index (χ2n) is 5.41. The van der Waals surface area contributed by atoms with Crippen molar-refractivity contribution in [3.05, 3.63) is 58.8 Å². The third-order valence-corrected chi connectivity index (χ3v) is 4.06. The molecule has 0 fully saturated rings. The van der Waals surface area contributed by atoms with Gasteiger partial charge in [0.2, 0.25) is 5.78 Å². The Morgan fingerprint density at radius 1 is 1.25 bits per heavy atom. The molecule has 0 bridgehead atoms. The average Bonchev–Trinajstić information content (AvgIpc) is 2.97. The van der Waals surface area contributed by atoms with Gasteiger partial charge in [-0.25, -0.2) is 0 Å². The van der Waals surface area contributed by atoms with Gasteiger partial charge in [0.15, 0.2) is 5.76 Å². The van der Waals surface area contributed by atoms with Gasteiger partial charge in [0.25, 0.3) is 0 Å². The molecule has 1 heterocycles. The highest BCUT2D eigenvalue weighted by Gasteiger charge is 2.22. The van der Waals surface area contributed by atoms with E-state index in [4.69, 9.17) is 20.8 Å². The normalized spacial score (nSPS) is 10.8. The maximum atomic E-state index is 12.9. The summed E-state index contributed by atoms with van der Waals surface area (Å²) in [5.74, 6) is 0.613. The van der Waals surface area contributed by atoms with Crippen molar-refractivity contribution in [3.63, 3.8) is 0 Å². The average molecular weight is 344 g/mol. The topological polar surface area (TPSA) is 51.5 Å². The van der Waals surface area contributed by atoms with Crippen molar-refractivity contribution in [1.82, 2.24) is 0 Å². The highest BCUT2D eigenvalue weighted by Crippen LogP contribution is 2.33. The molecule has 3 aromatic rings. The minimum atomic E-state index is -0.214. The quantitative estimate of drug-likeness (QED) is 0.629. The number of para-hydroxylation sites is 1. The van der Waals surface area contributed by atoms with E-state index in [0.717, 1.165) is 24.0 Å². The van der Waals surface area contributed by atoms with E-state index in [9.17, 15) is 4.79 Å². The van der Waals surface area contributed by atoms with Crippen LogP contribution in [0.15, 0.2) is 46.9 Å². The molecule has 0 spiro atoms. The van der Waals surface area contributed by atoms with Crippen LogP contribution in [0.3, 0.4) is 0 Å². The van der Waals surface area contributed by atoms with Crippen LogP contribution in [0.1, 0.15) is 29.5 Å². The fourth-order valence-corrected chi connectivity index (χ4v) is 2.83. The standard InChI is InChI=1S/C19H18ClNO3/c1-3-10-21-17-13-6-4-5-7-15(13)24-19(17)18(22)12-8-9-16(23-2)14(20)11-12/h4-9,11,21H,3,10H2,1-2H3. The van der Waals surface area contributed by atoms with Crippen molar-refractivity contribution in [1.29, 1.82) is 0 Å². The van der Waals surface area contributed by atoms with Gasteiger partial charge in [0, 0.05) is 17.5 Å². The lowest BCUT2D eigenvalue weighted by molar-refractivity contribution is 0.101. The van der Waals surface area contributed by atoms with Crippen LogP contribution in [0.5, 0.6) is 5.75 Å². The lowest BCUT2D eigenvalue weighted by Gasteiger charge is -2.07. The molecule has 1 aromatic heterocycles. The van der Waals surface area contributed by atoms with E-state index in [-0.39, 0.29) is 5.78 Å². The molecule has 0 aliphatic rings. The lowest BCUT2D eigenvalue weighted by Crippen LogP contribution is -2.07. The Kier molecular flexibility index (Phi) is 4.76. The third-order valence-electron chi connectivity index (χ3n) is 3.77. The molecule has 4 nitrogen and oxygen atoms in total. The maximum absolute atomic E-state index is 12.9. The van der Waals surface area contributed by atoms with Gasteiger partial charge in [-0.1, -0.05) is 30.7 Å². The van der Waals surface area contributed by atoms with Gasteiger partial charge in [0.1, 0.15) is 11.3 Å². The van der Waals surface area contributed by atoms with E-state index < -0.39 is 0 Å². The summed E-state index contributed by atoms with van der Waals surface area (Å²) in [5, 5.41) is 4.59. The summed E-state index contributed by atoms with van der Waals surface area (Å²) in [6.07, 6.45) is 0.946. The molecular weight excluding hydrogens is 326 g/mol. The molecule has 3 rings (SSSR count). The van der Waals surface area contributed by atoms with Gasteiger partial charge >= 0.3 is 0 Å². The fourth-order valence-electron chi connectivity index (χ4n) is 2.57. The molecule has 24 heavy (non-hydrogen) atoms. The number of rotatable bonds is 6. The largest absolute Gasteiger partial charge is 0.495 e. The van der Waals surface area contributed by atoms with Crippen molar-refractivity contribution >= 4 is 34.0 Å². The second kappa shape index (κ2) is 6.97. The molecule has 0 amide bonds. The highest BCUT2D eigenvalue weighted by molar-refractivity contribution is 6.32. The summed E-state index contributed by atoms with van der Waals surface area (Å²) in [6.45, 7) is 2.83. The molecule has 2 aromatic carbocycles. The summed E-state index contributed by atoms with van der Waals surface area (Å²) < 4.78 is 11.0. The van der Waals surface area contributed by atoms with E-state index >= 15 is 0 Å². The van der Waals surface area contributed by atoms with Gasteiger partial charge in [0.05, 0.1) is 17.8 Å². The zero-order chi connectivity index (χ0) is 17.1. The fraction of sp³-hybridized carbons (Fsp3) is 0.211. The Morgan fingerprint density at radius 3 is 2.75 bits per heavy atom. The number of hydrogen-bond donors (Lipinski definition) is 1. The smallest absolute Gasteiger partial charge is 0.230 e. The monoisotopic (exact) mass is 343 g/mol. The summed E-state index contributed by atoms with van der Waals surface area (Å²) in [7, 11) is 1.54. The van der Waals surface area contributed by atoms with Gasteiger partial charge in [-0.05, 0) is 36.8 Å². The SMILES string of the molecule is CCCNc1c(C(=O)c2ccc(OC)c(Cl)c2)oc2ccccc12. The summed E-state index contributed by atoms with van der Waals surface area (Å²) in [4.78, 5) is 12.9. The number of methoxy groups -OCH3 is 1. The third kappa shape index (κ3) is 2.97. The zero-order valence-corrected chi connectivity index (χ0v) is 14.3. The van der Waals surface area contributed by atoms with Crippen molar-refractivity contribution in [2.24, 2.45) is 0 Å². The number of anilines is 1. The molecule has 0 aliphatic heterocycles.